The Morgan fingerprint density at radius 1 is 1.23 bits per heavy atom. The van der Waals surface area contributed by atoms with Gasteiger partial charge in [-0.25, -0.2) is 27.9 Å². The number of nitrogens with one attached hydrogen (secondary N) is 3. The number of nitrogens with zero attached hydrogens (tertiary/aromatic N) is 4. The predicted molar refractivity (Wildman–Crippen MR) is 200 cm³/mol. The molecule has 0 bridgehead atoms. The zero-order chi connectivity index (χ0) is 38.1. The number of urea groups is 1. The molecule has 3 unspecified atom stereocenters. The summed E-state index contributed by atoms with van der Waals surface area (Å²) in [4.78, 5) is 52.0. The number of allylic oxidation sites excluding steroid dienone is 1. The first-order valence-electron chi connectivity index (χ1n) is 17.5. The van der Waals surface area contributed by atoms with Crippen molar-refractivity contribution in [2.24, 2.45) is 5.92 Å². The molecule has 2 aliphatic carbocycles. The van der Waals surface area contributed by atoms with E-state index < -0.39 is 50.1 Å². The van der Waals surface area contributed by atoms with Gasteiger partial charge in [-0.1, -0.05) is 37.6 Å². The molecule has 0 radical (unpaired) electrons. The average Bonchev–Trinajstić information content (AvgIpc) is 4.02. The van der Waals surface area contributed by atoms with Gasteiger partial charge in [-0.15, -0.1) is 11.3 Å². The molecular weight excluding hydrogens is 742 g/mol. The molecule has 1 aromatic carbocycles. The third kappa shape index (κ3) is 7.78. The molecule has 14 nitrogen and oxygen atoms in total. The highest BCUT2D eigenvalue weighted by atomic mass is 35.5. The molecule has 0 spiro atoms. The van der Waals surface area contributed by atoms with Crippen LogP contribution in [0.4, 0.5) is 4.79 Å². The molecule has 2 aromatic heterocycles. The van der Waals surface area contributed by atoms with E-state index >= 15 is 0 Å². The summed E-state index contributed by atoms with van der Waals surface area (Å²) in [6.07, 6.45) is 6.25. The number of halogens is 1. The Morgan fingerprint density at radius 3 is 2.68 bits per heavy atom. The number of ether oxygens (including phenoxy) is 2. The number of pyridine rings is 1. The van der Waals surface area contributed by atoms with Crippen molar-refractivity contribution in [1.82, 2.24) is 30.2 Å². The molecule has 1 aliphatic heterocycles. The highest BCUT2D eigenvalue weighted by Gasteiger charge is 2.63. The molecule has 6 rings (SSSR count). The summed E-state index contributed by atoms with van der Waals surface area (Å²) in [5.41, 5.74) is 0.303. The van der Waals surface area contributed by atoms with Gasteiger partial charge in [0, 0.05) is 42.8 Å². The molecule has 0 saturated heterocycles. The van der Waals surface area contributed by atoms with Gasteiger partial charge in [0.15, 0.2) is 4.75 Å². The predicted octanol–water partition coefficient (Wildman–Crippen LogP) is 5.04. The summed E-state index contributed by atoms with van der Waals surface area (Å²) in [6, 6.07) is 5.37. The van der Waals surface area contributed by atoms with E-state index in [1.54, 1.807) is 31.3 Å². The lowest BCUT2D eigenvalue weighted by Gasteiger charge is -2.26. The maximum absolute atomic E-state index is 14.0. The second-order valence-electron chi connectivity index (χ2n) is 14.0. The lowest BCUT2D eigenvalue weighted by molar-refractivity contribution is -0.130. The Hall–Kier alpha value is -4.46. The molecule has 3 aliphatic rings. The quantitative estimate of drug-likeness (QED) is 0.235. The van der Waals surface area contributed by atoms with Gasteiger partial charge in [0.05, 0.1) is 31.0 Å². The highest BCUT2D eigenvalue weighted by molar-refractivity contribution is 7.92. The molecular formula is C36H42ClN7O7S2. The maximum atomic E-state index is 14.0. The minimum absolute atomic E-state index is 0.0166. The van der Waals surface area contributed by atoms with Crippen LogP contribution >= 0.6 is 22.9 Å². The summed E-state index contributed by atoms with van der Waals surface area (Å²) in [6.45, 7) is 4.51. The minimum atomic E-state index is -4.32. The number of nitriles is 1. The Labute approximate surface area is 317 Å². The first-order valence-corrected chi connectivity index (χ1v) is 20.2. The number of aromatic nitrogens is 2. The van der Waals surface area contributed by atoms with Gasteiger partial charge in [0.1, 0.15) is 38.8 Å². The van der Waals surface area contributed by atoms with Crippen molar-refractivity contribution in [3.8, 4) is 28.3 Å². The van der Waals surface area contributed by atoms with Gasteiger partial charge < -0.3 is 25.0 Å². The fraction of sp³-hybridized carbons (Fsp3) is 0.500. The van der Waals surface area contributed by atoms with E-state index in [1.165, 1.54) is 23.3 Å². The molecule has 282 valence electrons. The molecule has 53 heavy (non-hydrogen) atoms. The van der Waals surface area contributed by atoms with Crippen LogP contribution in [0.5, 0.6) is 11.5 Å². The standard InChI is InChI=1S/C36H42ClN7O7S2/c1-21(2)26-19-52-32(40-26)25-17-28(23-10-11-27(50-4)29(37)30(23)39-25)51-16-12-24-31(45)42-36(33(46)43-53(48,49)35(20-38)13-14-35)18-22(36)9-7-5-6-8-15-44(3)34(47)41-24/h7,9-11,17,19,21-22,24H,5-6,8,12-16,18H2,1-4H3,(H,41,47)(H,42,45)(H,43,46). The van der Waals surface area contributed by atoms with Gasteiger partial charge in [-0.3, -0.25) is 9.59 Å². The van der Waals surface area contributed by atoms with Gasteiger partial charge in [-0.05, 0) is 56.6 Å². The Kier molecular flexibility index (Phi) is 10.9. The average molecular weight is 784 g/mol. The van der Waals surface area contributed by atoms with E-state index in [0.29, 0.717) is 57.5 Å². The van der Waals surface area contributed by atoms with E-state index in [-0.39, 0.29) is 38.2 Å². The molecule has 3 N–H and O–H groups in total. The molecule has 3 aromatic rings. The van der Waals surface area contributed by atoms with Crippen molar-refractivity contribution >= 4 is 61.7 Å². The van der Waals surface area contributed by atoms with Crippen LogP contribution in [-0.4, -0.2) is 84.8 Å². The fourth-order valence-corrected chi connectivity index (χ4v) is 8.81. The van der Waals surface area contributed by atoms with Crippen molar-refractivity contribution in [2.45, 2.75) is 81.0 Å². The van der Waals surface area contributed by atoms with Crippen molar-refractivity contribution in [1.29, 1.82) is 5.26 Å². The summed E-state index contributed by atoms with van der Waals surface area (Å²) >= 11 is 8.16. The Morgan fingerprint density at radius 2 is 2.00 bits per heavy atom. The SMILES string of the molecule is COc1ccc2c(OCCC3NC(=O)N(C)CCCCC=CC4CC4(C(=O)NS(=O)(=O)C4(C#N)CC4)NC3=O)cc(-c3nc(C(C)C)cs3)nc2c1Cl. The number of sulfonamides is 1. The number of benzene rings is 1. The lowest BCUT2D eigenvalue weighted by Crippen LogP contribution is -2.58. The number of carbonyl (C=O) groups excluding carboxylic acids is 3. The van der Waals surface area contributed by atoms with E-state index in [4.69, 9.17) is 31.0 Å². The normalized spacial score (nSPS) is 22.9. The molecule has 2 fully saturated rings. The third-order valence-corrected chi connectivity index (χ3v) is 13.2. The number of thiazole rings is 1. The van der Waals surface area contributed by atoms with Crippen LogP contribution in [0.2, 0.25) is 5.02 Å². The zero-order valence-electron chi connectivity index (χ0n) is 29.9. The number of hydrogen-bond donors (Lipinski definition) is 3. The Bertz CT molecular complexity index is 2110. The molecule has 2 saturated carbocycles. The smallest absolute Gasteiger partial charge is 0.317 e. The van der Waals surface area contributed by atoms with E-state index in [0.717, 1.165) is 12.1 Å². The van der Waals surface area contributed by atoms with Crippen molar-refractivity contribution in [3.05, 3.63) is 46.4 Å². The summed E-state index contributed by atoms with van der Waals surface area (Å²) in [5, 5.41) is 18.6. The molecule has 4 amide bonds. The second kappa shape index (κ2) is 15.1. The van der Waals surface area contributed by atoms with Crippen LogP contribution in [0.15, 0.2) is 35.7 Å². The van der Waals surface area contributed by atoms with E-state index in [1.807, 2.05) is 17.5 Å². The third-order valence-electron chi connectivity index (χ3n) is 9.92. The first kappa shape index (κ1) is 38.3. The minimum Gasteiger partial charge on any atom is -0.495 e. The van der Waals surface area contributed by atoms with Gasteiger partial charge >= 0.3 is 6.03 Å². The summed E-state index contributed by atoms with van der Waals surface area (Å²) in [7, 11) is -1.18. The molecule has 17 heteroatoms. The number of amides is 4. The van der Waals surface area contributed by atoms with Crippen LogP contribution in [0, 0.1) is 17.2 Å². The van der Waals surface area contributed by atoms with Crippen LogP contribution in [0.25, 0.3) is 21.6 Å². The number of carbonyl (C=O) groups is 3. The molecule has 3 heterocycles. The van der Waals surface area contributed by atoms with Crippen molar-refractivity contribution in [2.75, 3.05) is 27.3 Å². The van der Waals surface area contributed by atoms with Crippen LogP contribution in [0.3, 0.4) is 0 Å². The zero-order valence-corrected chi connectivity index (χ0v) is 32.3. The number of rotatable bonds is 10. The van der Waals surface area contributed by atoms with Crippen LogP contribution < -0.4 is 24.8 Å². The van der Waals surface area contributed by atoms with Gasteiger partial charge in [0.2, 0.25) is 5.91 Å². The van der Waals surface area contributed by atoms with Crippen LogP contribution in [-0.2, 0) is 19.6 Å². The van der Waals surface area contributed by atoms with E-state index in [2.05, 4.69) is 29.2 Å². The second-order valence-corrected chi connectivity index (χ2v) is 17.2. The number of methoxy groups -OCH3 is 1. The Balaban J connectivity index is 1.27. The van der Waals surface area contributed by atoms with Crippen molar-refractivity contribution < 1.29 is 32.3 Å². The van der Waals surface area contributed by atoms with Gasteiger partial charge in [-0.2, -0.15) is 5.26 Å². The summed E-state index contributed by atoms with van der Waals surface area (Å²) in [5.74, 6) is -1.03. The lowest BCUT2D eigenvalue weighted by atomic mass is 10.1. The molecule has 3 atom stereocenters. The topological polar surface area (TPSA) is 193 Å². The fourth-order valence-electron chi connectivity index (χ4n) is 6.21. The highest BCUT2D eigenvalue weighted by Crippen LogP contribution is 2.47. The largest absolute Gasteiger partial charge is 0.495 e. The van der Waals surface area contributed by atoms with Gasteiger partial charge in [0.25, 0.3) is 15.9 Å². The first-order chi connectivity index (χ1) is 25.2. The van der Waals surface area contributed by atoms with Crippen LogP contribution in [0.1, 0.15) is 70.4 Å². The number of fused-ring (bicyclic) bond motifs is 2. The summed E-state index contributed by atoms with van der Waals surface area (Å²) < 4.78 is 38.2. The van der Waals surface area contributed by atoms with E-state index in [9.17, 15) is 28.1 Å². The number of hydrogen-bond acceptors (Lipinski definition) is 11. The monoisotopic (exact) mass is 783 g/mol. The maximum Gasteiger partial charge on any atom is 0.317 e. The van der Waals surface area contributed by atoms with Crippen molar-refractivity contribution in [3.63, 3.8) is 0 Å².